The molecule has 0 spiro atoms. The molecule has 2 N–H and O–H groups in total. The van der Waals surface area contributed by atoms with E-state index in [0.717, 1.165) is 37.2 Å². The van der Waals surface area contributed by atoms with Crippen molar-refractivity contribution in [2.45, 2.75) is 52.1 Å². The van der Waals surface area contributed by atoms with E-state index in [9.17, 15) is 4.79 Å². The van der Waals surface area contributed by atoms with E-state index in [4.69, 9.17) is 4.74 Å². The van der Waals surface area contributed by atoms with Crippen molar-refractivity contribution in [1.82, 2.24) is 10.6 Å². The Morgan fingerprint density at radius 2 is 2.19 bits per heavy atom. The molecule has 1 aromatic rings. The summed E-state index contributed by atoms with van der Waals surface area (Å²) in [7, 11) is 0. The van der Waals surface area contributed by atoms with E-state index >= 15 is 0 Å². The van der Waals surface area contributed by atoms with E-state index in [1.54, 1.807) is 0 Å². The van der Waals surface area contributed by atoms with Crippen LogP contribution in [0.3, 0.4) is 0 Å². The molecule has 2 rings (SSSR count). The number of hydrogen-bond donors (Lipinski definition) is 2. The van der Waals surface area contributed by atoms with Gasteiger partial charge >= 0.3 is 0 Å². The molecule has 1 saturated carbocycles. The van der Waals surface area contributed by atoms with Crippen LogP contribution in [0.2, 0.25) is 0 Å². The molecule has 1 fully saturated rings. The Balaban J connectivity index is 1.84. The van der Waals surface area contributed by atoms with Crippen molar-refractivity contribution in [3.8, 4) is 5.75 Å². The number of amides is 1. The van der Waals surface area contributed by atoms with Gasteiger partial charge in [0.2, 0.25) is 0 Å². The summed E-state index contributed by atoms with van der Waals surface area (Å²) in [6.45, 7) is 5.79. The van der Waals surface area contributed by atoms with E-state index in [-0.39, 0.29) is 12.5 Å². The van der Waals surface area contributed by atoms with E-state index in [0.29, 0.717) is 6.04 Å². The first-order chi connectivity index (χ1) is 10.2. The molecule has 0 heterocycles. The van der Waals surface area contributed by atoms with Gasteiger partial charge in [0.05, 0.1) is 0 Å². The topological polar surface area (TPSA) is 50.4 Å². The Hall–Kier alpha value is -1.55. The van der Waals surface area contributed by atoms with Gasteiger partial charge in [0.25, 0.3) is 5.91 Å². The zero-order chi connectivity index (χ0) is 15.1. The zero-order valence-corrected chi connectivity index (χ0v) is 13.1. The third kappa shape index (κ3) is 5.76. The second-order valence-electron chi connectivity index (χ2n) is 5.76. The van der Waals surface area contributed by atoms with Gasteiger partial charge in [-0.25, -0.2) is 0 Å². The van der Waals surface area contributed by atoms with E-state index in [1.165, 1.54) is 18.4 Å². The molecular formula is C17H26N2O2. The molecule has 0 bridgehead atoms. The number of unbranched alkanes of at least 4 members (excludes halogenated alkanes) is 1. The number of hydrogen-bond acceptors (Lipinski definition) is 3. The molecule has 116 valence electrons. The second kappa shape index (κ2) is 8.03. The number of ether oxygens (including phenoxy) is 1. The van der Waals surface area contributed by atoms with Crippen LogP contribution in [0, 0.1) is 6.92 Å². The molecule has 0 aromatic heterocycles. The van der Waals surface area contributed by atoms with Gasteiger partial charge in [-0.05, 0) is 32.3 Å². The molecule has 1 aromatic carbocycles. The molecular weight excluding hydrogens is 264 g/mol. The van der Waals surface area contributed by atoms with Crippen molar-refractivity contribution in [3.05, 3.63) is 29.3 Å². The molecule has 0 aliphatic heterocycles. The lowest BCUT2D eigenvalue weighted by molar-refractivity contribution is -0.123. The quantitative estimate of drug-likeness (QED) is 0.687. The summed E-state index contributed by atoms with van der Waals surface area (Å²) in [5.41, 5.74) is 2.34. The third-order valence-electron chi connectivity index (χ3n) is 3.59. The number of carbonyl (C=O) groups is 1. The Kier molecular flexibility index (Phi) is 6.05. The maximum Gasteiger partial charge on any atom is 0.257 e. The Bertz CT molecular complexity index is 470. The molecule has 21 heavy (non-hydrogen) atoms. The molecule has 0 saturated heterocycles. The summed E-state index contributed by atoms with van der Waals surface area (Å²) in [6, 6.07) is 6.76. The lowest BCUT2D eigenvalue weighted by Gasteiger charge is -2.13. The minimum absolute atomic E-state index is 0.0508. The minimum atomic E-state index is -0.0508. The van der Waals surface area contributed by atoms with Crippen molar-refractivity contribution >= 4 is 5.91 Å². The fourth-order valence-electron chi connectivity index (χ4n) is 2.13. The van der Waals surface area contributed by atoms with Crippen molar-refractivity contribution in [2.24, 2.45) is 0 Å². The number of benzene rings is 1. The van der Waals surface area contributed by atoms with Crippen LogP contribution < -0.4 is 15.4 Å². The SMILES string of the molecule is CCCCNC(=O)COc1ccc(C)cc1CNC1CC1. The average Bonchev–Trinajstić information content (AvgIpc) is 3.28. The van der Waals surface area contributed by atoms with Crippen LogP contribution in [-0.4, -0.2) is 25.1 Å². The number of carbonyl (C=O) groups excluding carboxylic acids is 1. The van der Waals surface area contributed by atoms with Gasteiger partial charge in [-0.2, -0.15) is 0 Å². The summed E-state index contributed by atoms with van der Waals surface area (Å²) >= 11 is 0. The van der Waals surface area contributed by atoms with Gasteiger partial charge in [-0.3, -0.25) is 4.79 Å². The summed E-state index contributed by atoms with van der Waals surface area (Å²) in [4.78, 5) is 11.7. The number of rotatable bonds is 9. The fourth-order valence-corrected chi connectivity index (χ4v) is 2.13. The van der Waals surface area contributed by atoms with Crippen molar-refractivity contribution in [2.75, 3.05) is 13.2 Å². The third-order valence-corrected chi connectivity index (χ3v) is 3.59. The molecule has 0 unspecified atom stereocenters. The summed E-state index contributed by atoms with van der Waals surface area (Å²) in [5.74, 6) is 0.754. The predicted octanol–water partition coefficient (Wildman–Crippen LogP) is 2.54. The monoisotopic (exact) mass is 290 g/mol. The first kappa shape index (κ1) is 15.8. The largest absolute Gasteiger partial charge is 0.483 e. The molecule has 1 aliphatic rings. The van der Waals surface area contributed by atoms with Gasteiger partial charge in [-0.15, -0.1) is 0 Å². The number of nitrogens with one attached hydrogen (secondary N) is 2. The number of aryl methyl sites for hydroxylation is 1. The highest BCUT2D eigenvalue weighted by Crippen LogP contribution is 2.23. The van der Waals surface area contributed by atoms with Crippen LogP contribution in [0.4, 0.5) is 0 Å². The maximum atomic E-state index is 11.7. The maximum absolute atomic E-state index is 11.7. The van der Waals surface area contributed by atoms with Gasteiger partial charge in [0.1, 0.15) is 5.75 Å². The standard InChI is InChI=1S/C17H26N2O2/c1-3-4-9-18-17(20)12-21-16-8-5-13(2)10-14(16)11-19-15-6-7-15/h5,8,10,15,19H,3-4,6-7,9,11-12H2,1-2H3,(H,18,20). The van der Waals surface area contributed by atoms with Gasteiger partial charge in [0.15, 0.2) is 6.61 Å². The van der Waals surface area contributed by atoms with Gasteiger partial charge in [-0.1, -0.05) is 31.0 Å². The lowest BCUT2D eigenvalue weighted by atomic mass is 10.1. The molecule has 0 atom stereocenters. The average molecular weight is 290 g/mol. The fraction of sp³-hybridized carbons (Fsp3) is 0.588. The van der Waals surface area contributed by atoms with Crippen LogP contribution in [-0.2, 0) is 11.3 Å². The van der Waals surface area contributed by atoms with Crippen LogP contribution in [0.25, 0.3) is 0 Å². The van der Waals surface area contributed by atoms with E-state index in [2.05, 4.69) is 30.5 Å². The lowest BCUT2D eigenvalue weighted by Crippen LogP contribution is -2.29. The first-order valence-corrected chi connectivity index (χ1v) is 7.91. The van der Waals surface area contributed by atoms with Crippen molar-refractivity contribution < 1.29 is 9.53 Å². The second-order valence-corrected chi connectivity index (χ2v) is 5.76. The predicted molar refractivity (Wildman–Crippen MR) is 84.5 cm³/mol. The highest BCUT2D eigenvalue weighted by molar-refractivity contribution is 5.77. The summed E-state index contributed by atoms with van der Waals surface area (Å²) in [5, 5.41) is 6.35. The van der Waals surface area contributed by atoms with Gasteiger partial charge < -0.3 is 15.4 Å². The van der Waals surface area contributed by atoms with Crippen LogP contribution in [0.1, 0.15) is 43.7 Å². The first-order valence-electron chi connectivity index (χ1n) is 7.91. The Morgan fingerprint density at radius 3 is 2.90 bits per heavy atom. The summed E-state index contributed by atoms with van der Waals surface area (Å²) in [6.07, 6.45) is 4.62. The van der Waals surface area contributed by atoms with Crippen LogP contribution in [0.15, 0.2) is 18.2 Å². The normalized spacial score (nSPS) is 14.0. The van der Waals surface area contributed by atoms with E-state index in [1.807, 2.05) is 12.1 Å². The molecule has 4 nitrogen and oxygen atoms in total. The van der Waals surface area contributed by atoms with Crippen molar-refractivity contribution in [1.29, 1.82) is 0 Å². The van der Waals surface area contributed by atoms with Gasteiger partial charge in [0, 0.05) is 24.7 Å². The summed E-state index contributed by atoms with van der Waals surface area (Å²) < 4.78 is 5.69. The molecule has 4 heteroatoms. The highest BCUT2D eigenvalue weighted by Gasteiger charge is 2.20. The van der Waals surface area contributed by atoms with E-state index < -0.39 is 0 Å². The minimum Gasteiger partial charge on any atom is -0.483 e. The zero-order valence-electron chi connectivity index (χ0n) is 13.1. The molecule has 1 aliphatic carbocycles. The van der Waals surface area contributed by atoms with Crippen LogP contribution >= 0.6 is 0 Å². The smallest absolute Gasteiger partial charge is 0.257 e. The Labute approximate surface area is 127 Å². The molecule has 1 amide bonds. The highest BCUT2D eigenvalue weighted by atomic mass is 16.5. The van der Waals surface area contributed by atoms with Crippen LogP contribution in [0.5, 0.6) is 5.75 Å². The van der Waals surface area contributed by atoms with Crippen molar-refractivity contribution in [3.63, 3.8) is 0 Å². The molecule has 0 radical (unpaired) electrons. The Morgan fingerprint density at radius 1 is 1.38 bits per heavy atom.